The van der Waals surface area contributed by atoms with Crippen LogP contribution in [-0.4, -0.2) is 26.7 Å². The van der Waals surface area contributed by atoms with Crippen LogP contribution in [0.15, 0.2) is 59.4 Å². The molecule has 3 aromatic heterocycles. The first kappa shape index (κ1) is 16.3. The van der Waals surface area contributed by atoms with Crippen molar-refractivity contribution in [2.45, 2.75) is 32.2 Å². The summed E-state index contributed by atoms with van der Waals surface area (Å²) in [6, 6.07) is 9.14. The van der Waals surface area contributed by atoms with Gasteiger partial charge >= 0.3 is 0 Å². The number of hydrogen-bond acceptors (Lipinski definition) is 4. The summed E-state index contributed by atoms with van der Waals surface area (Å²) < 4.78 is 7.03. The summed E-state index contributed by atoms with van der Waals surface area (Å²) in [7, 11) is 0. The summed E-state index contributed by atoms with van der Waals surface area (Å²) >= 11 is 0. The van der Waals surface area contributed by atoms with E-state index in [4.69, 9.17) is 4.42 Å². The Kier molecular flexibility index (Phi) is 4.16. The van der Waals surface area contributed by atoms with Gasteiger partial charge in [-0.1, -0.05) is 18.2 Å². The quantitative estimate of drug-likeness (QED) is 0.734. The lowest BCUT2D eigenvalue weighted by atomic mass is 9.96. The van der Waals surface area contributed by atoms with Crippen molar-refractivity contribution in [1.29, 1.82) is 0 Å². The highest BCUT2D eigenvalue weighted by atomic mass is 16.3. The van der Waals surface area contributed by atoms with Gasteiger partial charge in [0.2, 0.25) is 0 Å². The number of aromatic nitrogens is 3. The molecule has 0 saturated carbocycles. The zero-order valence-corrected chi connectivity index (χ0v) is 14.7. The van der Waals surface area contributed by atoms with Crippen LogP contribution in [0.5, 0.6) is 0 Å². The summed E-state index contributed by atoms with van der Waals surface area (Å²) in [6.45, 7) is 4.08. The van der Waals surface area contributed by atoms with E-state index in [9.17, 15) is 4.79 Å². The van der Waals surface area contributed by atoms with E-state index >= 15 is 0 Å². The number of pyridine rings is 1. The van der Waals surface area contributed by atoms with E-state index in [0.29, 0.717) is 5.76 Å². The maximum absolute atomic E-state index is 12.2. The van der Waals surface area contributed by atoms with E-state index in [-0.39, 0.29) is 17.9 Å². The molecular weight excluding hydrogens is 328 g/mol. The fraction of sp³-hybridized carbons (Fsp3) is 0.250. The molecule has 4 rings (SSSR count). The topological polar surface area (TPSA) is 73.0 Å². The molecule has 0 fully saturated rings. The molecule has 132 valence electrons. The van der Waals surface area contributed by atoms with Crippen LogP contribution >= 0.6 is 0 Å². The Labute approximate surface area is 151 Å². The van der Waals surface area contributed by atoms with Crippen molar-refractivity contribution in [3.8, 4) is 5.82 Å². The van der Waals surface area contributed by atoms with Crippen molar-refractivity contribution >= 4 is 5.91 Å². The molecule has 0 saturated heterocycles. The highest BCUT2D eigenvalue weighted by Gasteiger charge is 2.27. The lowest BCUT2D eigenvalue weighted by Gasteiger charge is -2.14. The van der Waals surface area contributed by atoms with Gasteiger partial charge in [-0.25, -0.2) is 9.67 Å². The molecule has 26 heavy (non-hydrogen) atoms. The molecule has 6 nitrogen and oxygen atoms in total. The summed E-state index contributed by atoms with van der Waals surface area (Å²) in [5.41, 5.74) is 3.26. The number of aryl methyl sites for hydroxylation is 1. The van der Waals surface area contributed by atoms with Crippen molar-refractivity contribution in [3.63, 3.8) is 0 Å². The number of amides is 1. The minimum Gasteiger partial charge on any atom is -0.459 e. The van der Waals surface area contributed by atoms with Gasteiger partial charge in [-0.2, -0.15) is 5.10 Å². The first-order chi connectivity index (χ1) is 12.6. The Bertz CT molecular complexity index is 942. The van der Waals surface area contributed by atoms with Crippen molar-refractivity contribution in [1.82, 2.24) is 20.1 Å². The molecule has 1 aliphatic rings. The molecule has 1 N–H and O–H groups in total. The van der Waals surface area contributed by atoms with E-state index < -0.39 is 0 Å². The van der Waals surface area contributed by atoms with Gasteiger partial charge in [0, 0.05) is 29.4 Å². The Balaban J connectivity index is 1.52. The first-order valence-electron chi connectivity index (χ1n) is 8.63. The number of hydrogen-bond donors (Lipinski definition) is 1. The molecule has 0 spiro atoms. The third-order valence-electron chi connectivity index (χ3n) is 4.73. The van der Waals surface area contributed by atoms with Gasteiger partial charge in [-0.15, -0.1) is 0 Å². The molecule has 3 aromatic rings. The molecule has 0 radical (unpaired) electrons. The molecule has 0 aliphatic heterocycles. The molecule has 1 aliphatic carbocycles. The van der Waals surface area contributed by atoms with Gasteiger partial charge in [-0.3, -0.25) is 4.79 Å². The second-order valence-corrected chi connectivity index (χ2v) is 6.47. The van der Waals surface area contributed by atoms with E-state index in [1.807, 2.05) is 35.9 Å². The average Bonchev–Trinajstić information content (AvgIpc) is 3.37. The Morgan fingerprint density at radius 3 is 2.85 bits per heavy atom. The average molecular weight is 348 g/mol. The van der Waals surface area contributed by atoms with Crippen LogP contribution in [-0.2, 0) is 0 Å². The van der Waals surface area contributed by atoms with Crippen LogP contribution in [0, 0.1) is 13.8 Å². The Morgan fingerprint density at radius 1 is 1.23 bits per heavy atom. The zero-order valence-electron chi connectivity index (χ0n) is 14.7. The normalized spacial score (nSPS) is 19.0. The molecule has 2 atom stereocenters. The van der Waals surface area contributed by atoms with Gasteiger partial charge in [-0.05, 0) is 44.5 Å². The van der Waals surface area contributed by atoms with Crippen molar-refractivity contribution < 1.29 is 9.21 Å². The van der Waals surface area contributed by atoms with E-state index in [1.165, 1.54) is 11.8 Å². The van der Waals surface area contributed by atoms with Gasteiger partial charge < -0.3 is 9.73 Å². The number of rotatable bonds is 4. The van der Waals surface area contributed by atoms with Gasteiger partial charge in [0.05, 0.1) is 12.0 Å². The van der Waals surface area contributed by atoms with Crippen LogP contribution in [0.4, 0.5) is 0 Å². The number of allylic oxidation sites excluding steroid dienone is 1. The summed E-state index contributed by atoms with van der Waals surface area (Å²) in [5, 5.41) is 7.67. The van der Waals surface area contributed by atoms with Gasteiger partial charge in [0.1, 0.15) is 0 Å². The SMILES string of the molecule is Cc1nn(-c2ccccn2)c(C)c1C1C=CC(NC(=O)c2ccco2)C1. The largest absolute Gasteiger partial charge is 0.459 e. The predicted molar refractivity (Wildman–Crippen MR) is 97.3 cm³/mol. The minimum atomic E-state index is -0.192. The summed E-state index contributed by atoms with van der Waals surface area (Å²) in [4.78, 5) is 16.6. The summed E-state index contributed by atoms with van der Waals surface area (Å²) in [6.07, 6.45) is 8.26. The fourth-order valence-corrected chi connectivity index (χ4v) is 3.56. The smallest absolute Gasteiger partial charge is 0.287 e. The van der Waals surface area contributed by atoms with Crippen LogP contribution in [0.25, 0.3) is 5.82 Å². The third kappa shape index (κ3) is 2.94. The van der Waals surface area contributed by atoms with Crippen LogP contribution in [0.1, 0.15) is 39.8 Å². The molecule has 3 heterocycles. The number of nitrogens with zero attached hydrogens (tertiary/aromatic N) is 3. The standard InChI is InChI=1S/C20H20N4O2/c1-13-19(14(2)24(23-13)18-7-3-4-10-21-18)15-8-9-16(12-15)22-20(25)17-6-5-11-26-17/h3-11,15-16H,12H2,1-2H3,(H,22,25). The van der Waals surface area contributed by atoms with Gasteiger partial charge in [0.15, 0.2) is 11.6 Å². The van der Waals surface area contributed by atoms with E-state index in [2.05, 4.69) is 28.4 Å². The highest BCUT2D eigenvalue weighted by molar-refractivity contribution is 5.91. The van der Waals surface area contributed by atoms with E-state index in [1.54, 1.807) is 18.3 Å². The lowest BCUT2D eigenvalue weighted by molar-refractivity contribution is 0.0916. The van der Waals surface area contributed by atoms with Crippen LogP contribution in [0.2, 0.25) is 0 Å². The lowest BCUT2D eigenvalue weighted by Crippen LogP contribution is -2.32. The molecular formula is C20H20N4O2. The fourth-order valence-electron chi connectivity index (χ4n) is 3.56. The number of carbonyl (C=O) groups excluding carboxylic acids is 1. The predicted octanol–water partition coefficient (Wildman–Crippen LogP) is 3.32. The van der Waals surface area contributed by atoms with Crippen LogP contribution in [0.3, 0.4) is 0 Å². The molecule has 1 amide bonds. The number of furan rings is 1. The van der Waals surface area contributed by atoms with E-state index in [0.717, 1.165) is 23.6 Å². The van der Waals surface area contributed by atoms with Crippen molar-refractivity contribution in [3.05, 3.63) is 77.7 Å². The van der Waals surface area contributed by atoms with Gasteiger partial charge in [0.25, 0.3) is 5.91 Å². The second-order valence-electron chi connectivity index (χ2n) is 6.47. The molecule has 2 unspecified atom stereocenters. The maximum atomic E-state index is 12.2. The van der Waals surface area contributed by atoms with Crippen molar-refractivity contribution in [2.75, 3.05) is 0 Å². The van der Waals surface area contributed by atoms with Crippen molar-refractivity contribution in [2.24, 2.45) is 0 Å². The molecule has 0 aromatic carbocycles. The Morgan fingerprint density at radius 2 is 2.12 bits per heavy atom. The molecule has 6 heteroatoms. The Hall–Kier alpha value is -3.15. The first-order valence-corrected chi connectivity index (χ1v) is 8.63. The second kappa shape index (κ2) is 6.63. The monoisotopic (exact) mass is 348 g/mol. The zero-order chi connectivity index (χ0) is 18.1. The minimum absolute atomic E-state index is 0.0189. The number of nitrogens with one attached hydrogen (secondary N) is 1. The summed E-state index contributed by atoms with van der Waals surface area (Å²) in [5.74, 6) is 1.17. The highest BCUT2D eigenvalue weighted by Crippen LogP contribution is 2.33. The molecule has 0 bridgehead atoms. The van der Waals surface area contributed by atoms with Crippen LogP contribution < -0.4 is 5.32 Å². The maximum Gasteiger partial charge on any atom is 0.287 e. The third-order valence-corrected chi connectivity index (χ3v) is 4.73. The number of carbonyl (C=O) groups is 1.